The predicted molar refractivity (Wildman–Crippen MR) is 123 cm³/mol. The van der Waals surface area contributed by atoms with Crippen LogP contribution in [0.5, 0.6) is 0 Å². The van der Waals surface area contributed by atoms with Crippen LogP contribution in [0.25, 0.3) is 0 Å². The van der Waals surface area contributed by atoms with Gasteiger partial charge in [0.25, 0.3) is 0 Å². The fourth-order valence-corrected chi connectivity index (χ4v) is 8.82. The second kappa shape index (κ2) is 8.42. The van der Waals surface area contributed by atoms with Crippen molar-refractivity contribution < 1.29 is 20.4 Å². The number of allylic oxidation sites excluding steroid dienone is 1. The molecule has 4 N–H and O–H groups in total. The van der Waals surface area contributed by atoms with Gasteiger partial charge in [-0.1, -0.05) is 32.8 Å². The smallest absolute Gasteiger partial charge is 0.101 e. The molecule has 0 saturated heterocycles. The Morgan fingerprint density at radius 3 is 2.52 bits per heavy atom. The van der Waals surface area contributed by atoms with Gasteiger partial charge in [0, 0.05) is 5.41 Å². The molecular formula is C27H46O4. The van der Waals surface area contributed by atoms with Gasteiger partial charge < -0.3 is 20.4 Å². The Morgan fingerprint density at radius 2 is 1.84 bits per heavy atom. The lowest BCUT2D eigenvalue weighted by Gasteiger charge is -2.59. The largest absolute Gasteiger partial charge is 0.395 e. The zero-order chi connectivity index (χ0) is 22.6. The highest BCUT2D eigenvalue weighted by Gasteiger charge is 2.61. The van der Waals surface area contributed by atoms with Crippen molar-refractivity contribution in [2.24, 2.45) is 40.4 Å². The van der Waals surface area contributed by atoms with Gasteiger partial charge in [-0.05, 0) is 106 Å². The normalized spacial score (nSPS) is 46.0. The zero-order valence-corrected chi connectivity index (χ0v) is 20.2. The van der Waals surface area contributed by atoms with Gasteiger partial charge in [-0.15, -0.1) is 0 Å². The maximum absolute atomic E-state index is 10.7. The van der Waals surface area contributed by atoms with Crippen LogP contribution in [0, 0.1) is 40.4 Å². The molecule has 0 aliphatic heterocycles. The predicted octanol–water partition coefficient (Wildman–Crippen LogP) is 4.45. The molecule has 1 unspecified atom stereocenters. The lowest BCUT2D eigenvalue weighted by Crippen LogP contribution is -2.56. The molecule has 4 nitrogen and oxygen atoms in total. The summed E-state index contributed by atoms with van der Waals surface area (Å²) < 4.78 is 0. The second-order valence-electron chi connectivity index (χ2n) is 12.5. The highest BCUT2D eigenvalue weighted by Crippen LogP contribution is 2.67. The van der Waals surface area contributed by atoms with Crippen LogP contribution in [0.15, 0.2) is 11.6 Å². The highest BCUT2D eigenvalue weighted by atomic mass is 16.3. The Labute approximate surface area is 189 Å². The average molecular weight is 435 g/mol. The van der Waals surface area contributed by atoms with Crippen LogP contribution >= 0.6 is 0 Å². The number of aliphatic hydroxyl groups excluding tert-OH is 3. The first-order valence-corrected chi connectivity index (χ1v) is 12.9. The van der Waals surface area contributed by atoms with E-state index in [2.05, 4.69) is 19.9 Å². The Morgan fingerprint density at radius 1 is 1.10 bits per heavy atom. The molecule has 4 rings (SSSR count). The third kappa shape index (κ3) is 3.94. The van der Waals surface area contributed by atoms with Crippen molar-refractivity contribution in [3.8, 4) is 0 Å². The first-order chi connectivity index (χ1) is 14.5. The molecule has 0 aromatic carbocycles. The Bertz CT molecular complexity index is 681. The van der Waals surface area contributed by atoms with Crippen molar-refractivity contribution in [3.05, 3.63) is 11.6 Å². The van der Waals surface area contributed by atoms with Crippen LogP contribution in [-0.4, -0.2) is 44.8 Å². The summed E-state index contributed by atoms with van der Waals surface area (Å²) in [6.45, 7) is 8.90. The summed E-state index contributed by atoms with van der Waals surface area (Å²) in [6, 6.07) is 0. The molecule has 0 amide bonds. The lowest BCUT2D eigenvalue weighted by atomic mass is 9.46. The van der Waals surface area contributed by atoms with Crippen molar-refractivity contribution in [2.75, 3.05) is 6.61 Å². The molecule has 0 aromatic rings. The summed E-state index contributed by atoms with van der Waals surface area (Å²) in [4.78, 5) is 0. The standard InChI is InChI=1S/C27H46O4/c1-17(6-5-13-25(2,3)31)19-9-10-20-18-7-8-22-24(30)23(29)12-15-27(22,16-28)21(18)11-14-26(19,20)4/h8,17-21,23-24,28-31H,5-7,9-16H2,1-4H3/t17?,18-,19+,20-,21-,23-,24+,26+,27-/m0/s1. The van der Waals surface area contributed by atoms with Crippen molar-refractivity contribution in [2.45, 2.75) is 110 Å². The third-order valence-electron chi connectivity index (χ3n) is 10.4. The van der Waals surface area contributed by atoms with Crippen LogP contribution in [0.3, 0.4) is 0 Å². The number of fused-ring (bicyclic) bond motifs is 5. The Kier molecular flexibility index (Phi) is 6.44. The van der Waals surface area contributed by atoms with Gasteiger partial charge in [-0.3, -0.25) is 0 Å². The Balaban J connectivity index is 1.52. The molecule has 9 atom stereocenters. The summed E-state index contributed by atoms with van der Waals surface area (Å²) in [7, 11) is 0. The van der Waals surface area contributed by atoms with Crippen LogP contribution < -0.4 is 0 Å². The summed E-state index contributed by atoms with van der Waals surface area (Å²) in [5, 5.41) is 41.6. The minimum atomic E-state index is -0.803. The molecule has 0 heterocycles. The molecule has 0 bridgehead atoms. The van der Waals surface area contributed by atoms with E-state index in [0.29, 0.717) is 35.5 Å². The highest BCUT2D eigenvalue weighted by molar-refractivity contribution is 5.30. The third-order valence-corrected chi connectivity index (χ3v) is 10.4. The zero-order valence-electron chi connectivity index (χ0n) is 20.2. The van der Waals surface area contributed by atoms with E-state index in [4.69, 9.17) is 0 Å². The van der Waals surface area contributed by atoms with E-state index in [1.165, 1.54) is 25.7 Å². The van der Waals surface area contributed by atoms with E-state index in [0.717, 1.165) is 43.6 Å². The molecule has 4 heteroatoms. The van der Waals surface area contributed by atoms with E-state index >= 15 is 0 Å². The van der Waals surface area contributed by atoms with E-state index in [1.807, 2.05) is 13.8 Å². The molecule has 31 heavy (non-hydrogen) atoms. The summed E-state index contributed by atoms with van der Waals surface area (Å²) >= 11 is 0. The van der Waals surface area contributed by atoms with Gasteiger partial charge in [0.2, 0.25) is 0 Å². The van der Waals surface area contributed by atoms with Gasteiger partial charge in [0.1, 0.15) is 6.10 Å². The molecule has 3 saturated carbocycles. The van der Waals surface area contributed by atoms with Gasteiger partial charge >= 0.3 is 0 Å². The van der Waals surface area contributed by atoms with Crippen LogP contribution in [-0.2, 0) is 0 Å². The van der Waals surface area contributed by atoms with Gasteiger partial charge in [-0.25, -0.2) is 0 Å². The number of aliphatic hydroxyl groups is 4. The maximum atomic E-state index is 10.7. The van der Waals surface area contributed by atoms with Crippen LogP contribution in [0.4, 0.5) is 0 Å². The van der Waals surface area contributed by atoms with E-state index < -0.39 is 17.8 Å². The molecule has 0 spiro atoms. The average Bonchev–Trinajstić information content (AvgIpc) is 3.06. The van der Waals surface area contributed by atoms with E-state index in [-0.39, 0.29) is 12.0 Å². The van der Waals surface area contributed by atoms with Crippen molar-refractivity contribution in [1.29, 1.82) is 0 Å². The maximum Gasteiger partial charge on any atom is 0.101 e. The quantitative estimate of drug-likeness (QED) is 0.466. The minimum absolute atomic E-state index is 0.101. The van der Waals surface area contributed by atoms with Gasteiger partial charge in [0.15, 0.2) is 0 Å². The molecule has 0 aromatic heterocycles. The SMILES string of the molecule is CC(CCCC(C)(C)O)[C@H]1CC[C@H]2[C@@H]3CC=C4[C@@H](O)[C@@H](O)CC[C@]4(CO)[C@H]3CC[C@]12C. The van der Waals surface area contributed by atoms with Crippen molar-refractivity contribution in [1.82, 2.24) is 0 Å². The van der Waals surface area contributed by atoms with Gasteiger partial charge in [-0.2, -0.15) is 0 Å². The minimum Gasteiger partial charge on any atom is -0.395 e. The van der Waals surface area contributed by atoms with Crippen LogP contribution in [0.1, 0.15) is 91.9 Å². The van der Waals surface area contributed by atoms with Gasteiger partial charge in [0.05, 0.1) is 18.3 Å². The molecule has 0 radical (unpaired) electrons. The van der Waals surface area contributed by atoms with E-state index in [9.17, 15) is 20.4 Å². The summed E-state index contributed by atoms with van der Waals surface area (Å²) in [5.74, 6) is 3.14. The Hall–Kier alpha value is -0.420. The lowest BCUT2D eigenvalue weighted by molar-refractivity contribution is -0.101. The molecule has 3 fully saturated rings. The number of hydrogen-bond donors (Lipinski definition) is 4. The number of rotatable bonds is 6. The fraction of sp³-hybridized carbons (Fsp3) is 0.926. The van der Waals surface area contributed by atoms with Crippen LogP contribution in [0.2, 0.25) is 0 Å². The van der Waals surface area contributed by atoms with E-state index in [1.54, 1.807) is 0 Å². The van der Waals surface area contributed by atoms with Crippen molar-refractivity contribution in [3.63, 3.8) is 0 Å². The monoisotopic (exact) mass is 434 g/mol. The molecular weight excluding hydrogens is 388 g/mol. The molecule has 4 aliphatic rings. The number of hydrogen-bond acceptors (Lipinski definition) is 4. The second-order valence-corrected chi connectivity index (χ2v) is 12.5. The summed E-state index contributed by atoms with van der Waals surface area (Å²) in [6.07, 6.45) is 11.2. The first kappa shape index (κ1) is 23.7. The van der Waals surface area contributed by atoms with Crippen molar-refractivity contribution >= 4 is 0 Å². The molecule has 178 valence electrons. The first-order valence-electron chi connectivity index (χ1n) is 12.9. The molecule has 4 aliphatic carbocycles. The fourth-order valence-electron chi connectivity index (χ4n) is 8.82. The topological polar surface area (TPSA) is 80.9 Å². The summed E-state index contributed by atoms with van der Waals surface area (Å²) in [5.41, 5.74) is 0.416.